The molecule has 2 heterocycles. The van der Waals surface area contributed by atoms with Crippen LogP contribution in [0.4, 0.5) is 4.39 Å². The third-order valence-electron chi connectivity index (χ3n) is 5.14. The second-order valence-corrected chi connectivity index (χ2v) is 7.01. The highest BCUT2D eigenvalue weighted by Crippen LogP contribution is 2.26. The monoisotopic (exact) mass is 351 g/mol. The van der Waals surface area contributed by atoms with Gasteiger partial charge in [0.25, 0.3) is 0 Å². The van der Waals surface area contributed by atoms with Crippen molar-refractivity contribution in [2.75, 3.05) is 6.54 Å². The van der Waals surface area contributed by atoms with Gasteiger partial charge in [-0.05, 0) is 49.4 Å². The van der Waals surface area contributed by atoms with Crippen LogP contribution in [-0.2, 0) is 24.1 Å². The number of amides is 1. The van der Waals surface area contributed by atoms with E-state index in [0.29, 0.717) is 24.9 Å². The van der Waals surface area contributed by atoms with Crippen LogP contribution >= 0.6 is 0 Å². The van der Waals surface area contributed by atoms with Gasteiger partial charge >= 0.3 is 0 Å². The highest BCUT2D eigenvalue weighted by atomic mass is 19.1. The third-order valence-corrected chi connectivity index (χ3v) is 5.14. The average Bonchev–Trinajstić information content (AvgIpc) is 3.00. The first-order valence-corrected chi connectivity index (χ1v) is 9.09. The van der Waals surface area contributed by atoms with Crippen LogP contribution in [0.15, 0.2) is 42.6 Å². The number of carbonyl (C=O) groups is 1. The van der Waals surface area contributed by atoms with Crippen LogP contribution in [0.25, 0.3) is 5.65 Å². The molecule has 0 spiro atoms. The van der Waals surface area contributed by atoms with Crippen molar-refractivity contribution >= 4 is 11.6 Å². The van der Waals surface area contributed by atoms with Gasteiger partial charge in [0, 0.05) is 30.8 Å². The number of aromatic nitrogens is 2. The minimum absolute atomic E-state index is 0.0505. The number of imidazole rings is 1. The van der Waals surface area contributed by atoms with E-state index < -0.39 is 0 Å². The quantitative estimate of drug-likeness (QED) is 0.784. The molecular weight excluding hydrogens is 329 g/mol. The molecule has 1 N–H and O–H groups in total. The molecule has 1 atom stereocenters. The third kappa shape index (κ3) is 3.21. The molecule has 1 amide bonds. The van der Waals surface area contributed by atoms with Crippen molar-refractivity contribution in [3.63, 3.8) is 0 Å². The maximum absolute atomic E-state index is 13.7. The standard InChI is InChI=1S/C21H22FN3O/c1-14-6-9-20-24-18-8-7-16(12-19(18)25(20)13-14)21(26)23-11-10-15-4-2-3-5-17(15)22/h2-6,9,13,16H,7-8,10-12H2,1H3,(H,23,26). The van der Waals surface area contributed by atoms with Crippen molar-refractivity contribution in [3.05, 3.63) is 70.9 Å². The van der Waals surface area contributed by atoms with E-state index in [1.807, 2.05) is 12.1 Å². The number of hydrogen-bond acceptors (Lipinski definition) is 2. The highest BCUT2D eigenvalue weighted by Gasteiger charge is 2.27. The van der Waals surface area contributed by atoms with Crippen molar-refractivity contribution in [1.29, 1.82) is 0 Å². The summed E-state index contributed by atoms with van der Waals surface area (Å²) < 4.78 is 15.8. The molecule has 0 bridgehead atoms. The molecule has 134 valence electrons. The minimum atomic E-state index is -0.217. The first-order chi connectivity index (χ1) is 12.6. The predicted octanol–water partition coefficient (Wildman–Crippen LogP) is 3.25. The SMILES string of the molecule is Cc1ccc2nc3c(n2c1)CC(C(=O)NCCc1ccccc1F)CC3. The zero-order valence-corrected chi connectivity index (χ0v) is 14.8. The summed E-state index contributed by atoms with van der Waals surface area (Å²) in [5.74, 6) is -0.219. The van der Waals surface area contributed by atoms with Gasteiger partial charge in [-0.2, -0.15) is 0 Å². The van der Waals surface area contributed by atoms with Crippen LogP contribution < -0.4 is 5.32 Å². The number of fused-ring (bicyclic) bond motifs is 3. The molecule has 26 heavy (non-hydrogen) atoms. The zero-order chi connectivity index (χ0) is 18.1. The average molecular weight is 351 g/mol. The Morgan fingerprint density at radius 3 is 3.00 bits per heavy atom. The summed E-state index contributed by atoms with van der Waals surface area (Å²) in [5.41, 5.74) is 5.00. The number of carbonyl (C=O) groups excluding carboxylic acids is 1. The van der Waals surface area contributed by atoms with Gasteiger partial charge in [-0.3, -0.25) is 4.79 Å². The Balaban J connectivity index is 1.42. The van der Waals surface area contributed by atoms with Crippen LogP contribution in [0.5, 0.6) is 0 Å². The molecule has 2 aromatic heterocycles. The number of benzene rings is 1. The van der Waals surface area contributed by atoms with Gasteiger partial charge in [-0.25, -0.2) is 9.37 Å². The van der Waals surface area contributed by atoms with Crippen molar-refractivity contribution < 1.29 is 9.18 Å². The van der Waals surface area contributed by atoms with E-state index in [9.17, 15) is 9.18 Å². The molecule has 0 aliphatic heterocycles. The first kappa shape index (κ1) is 16.8. The summed E-state index contributed by atoms with van der Waals surface area (Å²) in [4.78, 5) is 17.3. The molecule has 1 unspecified atom stereocenters. The molecule has 5 heteroatoms. The maximum atomic E-state index is 13.7. The summed E-state index contributed by atoms with van der Waals surface area (Å²) in [6, 6.07) is 10.8. The number of halogens is 1. The number of hydrogen-bond donors (Lipinski definition) is 1. The van der Waals surface area contributed by atoms with E-state index in [-0.39, 0.29) is 17.6 Å². The largest absolute Gasteiger partial charge is 0.356 e. The Labute approximate surface area is 152 Å². The van der Waals surface area contributed by atoms with Crippen molar-refractivity contribution in [1.82, 2.24) is 14.7 Å². The molecule has 1 aliphatic carbocycles. The minimum Gasteiger partial charge on any atom is -0.356 e. The Hall–Kier alpha value is -2.69. The summed E-state index contributed by atoms with van der Waals surface area (Å²) in [7, 11) is 0. The molecule has 3 aromatic rings. The molecule has 4 rings (SSSR count). The fraction of sp³-hybridized carbons (Fsp3) is 0.333. The van der Waals surface area contributed by atoms with Gasteiger partial charge in [0.2, 0.25) is 5.91 Å². The zero-order valence-electron chi connectivity index (χ0n) is 14.8. The molecule has 1 aliphatic rings. The Morgan fingerprint density at radius 1 is 1.31 bits per heavy atom. The number of aryl methyl sites for hydroxylation is 2. The van der Waals surface area contributed by atoms with E-state index in [0.717, 1.165) is 29.9 Å². The fourth-order valence-corrected chi connectivity index (χ4v) is 3.70. The lowest BCUT2D eigenvalue weighted by molar-refractivity contribution is -0.125. The summed E-state index contributed by atoms with van der Waals surface area (Å²) in [6.45, 7) is 2.51. The first-order valence-electron chi connectivity index (χ1n) is 9.09. The van der Waals surface area contributed by atoms with Gasteiger partial charge in [0.1, 0.15) is 11.5 Å². The normalized spacial score (nSPS) is 16.5. The van der Waals surface area contributed by atoms with Gasteiger partial charge in [0.05, 0.1) is 5.69 Å². The predicted molar refractivity (Wildman–Crippen MR) is 98.6 cm³/mol. The van der Waals surface area contributed by atoms with Gasteiger partial charge in [0.15, 0.2) is 0 Å². The summed E-state index contributed by atoms with van der Waals surface area (Å²) in [6.07, 6.45) is 4.92. The molecule has 0 saturated carbocycles. The van der Waals surface area contributed by atoms with E-state index in [1.165, 1.54) is 11.6 Å². The lowest BCUT2D eigenvalue weighted by Gasteiger charge is -2.21. The van der Waals surface area contributed by atoms with E-state index >= 15 is 0 Å². The molecule has 0 saturated heterocycles. The Kier molecular flexibility index (Phi) is 4.45. The second-order valence-electron chi connectivity index (χ2n) is 7.01. The summed E-state index contributed by atoms with van der Waals surface area (Å²) >= 11 is 0. The fourth-order valence-electron chi connectivity index (χ4n) is 3.70. The Bertz CT molecular complexity index is 963. The van der Waals surface area contributed by atoms with Gasteiger partial charge < -0.3 is 9.72 Å². The van der Waals surface area contributed by atoms with Crippen LogP contribution in [0.3, 0.4) is 0 Å². The molecular formula is C21H22FN3O. The second kappa shape index (κ2) is 6.90. The number of pyridine rings is 1. The smallest absolute Gasteiger partial charge is 0.223 e. The molecule has 0 radical (unpaired) electrons. The lowest BCUT2D eigenvalue weighted by atomic mass is 9.89. The molecule has 4 nitrogen and oxygen atoms in total. The highest BCUT2D eigenvalue weighted by molar-refractivity contribution is 5.79. The van der Waals surface area contributed by atoms with Crippen molar-refractivity contribution in [3.8, 4) is 0 Å². The van der Waals surface area contributed by atoms with Crippen LogP contribution in [0.2, 0.25) is 0 Å². The molecule has 1 aromatic carbocycles. The van der Waals surface area contributed by atoms with Crippen LogP contribution in [0.1, 0.15) is 28.9 Å². The van der Waals surface area contributed by atoms with Gasteiger partial charge in [-0.1, -0.05) is 24.3 Å². The van der Waals surface area contributed by atoms with E-state index in [2.05, 4.69) is 33.9 Å². The van der Waals surface area contributed by atoms with Crippen LogP contribution in [-0.4, -0.2) is 21.8 Å². The van der Waals surface area contributed by atoms with E-state index in [1.54, 1.807) is 12.1 Å². The Morgan fingerprint density at radius 2 is 2.15 bits per heavy atom. The summed E-state index contributed by atoms with van der Waals surface area (Å²) in [5, 5.41) is 2.98. The molecule has 0 fully saturated rings. The van der Waals surface area contributed by atoms with Gasteiger partial charge in [-0.15, -0.1) is 0 Å². The van der Waals surface area contributed by atoms with Crippen molar-refractivity contribution in [2.45, 2.75) is 32.6 Å². The van der Waals surface area contributed by atoms with E-state index in [4.69, 9.17) is 0 Å². The number of nitrogens with one attached hydrogen (secondary N) is 1. The number of nitrogens with zero attached hydrogens (tertiary/aromatic N) is 2. The topological polar surface area (TPSA) is 46.4 Å². The van der Waals surface area contributed by atoms with Crippen molar-refractivity contribution in [2.24, 2.45) is 5.92 Å². The maximum Gasteiger partial charge on any atom is 0.223 e. The number of rotatable bonds is 4. The van der Waals surface area contributed by atoms with Crippen LogP contribution in [0, 0.1) is 18.7 Å². The lowest BCUT2D eigenvalue weighted by Crippen LogP contribution is -2.35.